The normalized spacial score (nSPS) is 14.8. The molecule has 23 heavy (non-hydrogen) atoms. The third-order valence-electron chi connectivity index (χ3n) is 3.27. The summed E-state index contributed by atoms with van der Waals surface area (Å²) in [5, 5.41) is 6.12. The van der Waals surface area contributed by atoms with Crippen LogP contribution in [0.2, 0.25) is 0 Å². The van der Waals surface area contributed by atoms with Gasteiger partial charge in [-0.05, 0) is 34.1 Å². The molecule has 0 aromatic rings. The van der Waals surface area contributed by atoms with Crippen LogP contribution in [-0.4, -0.2) is 64.9 Å². The second-order valence-electron chi connectivity index (χ2n) is 6.19. The van der Waals surface area contributed by atoms with Gasteiger partial charge in [0.15, 0.2) is 15.8 Å². The molecule has 140 valence electrons. The van der Waals surface area contributed by atoms with Gasteiger partial charge in [-0.3, -0.25) is 4.99 Å². The van der Waals surface area contributed by atoms with Crippen LogP contribution in [-0.2, 0) is 19.7 Å². The maximum atomic E-state index is 11.7. The first-order valence-electron chi connectivity index (χ1n) is 7.20. The lowest BCUT2D eigenvalue weighted by Gasteiger charge is -2.22. The lowest BCUT2D eigenvalue weighted by atomic mass is 10.2. The molecule has 0 aromatic heterocycles. The Bertz CT molecular complexity index is 586. The molecule has 0 aliphatic rings. The van der Waals surface area contributed by atoms with Gasteiger partial charge in [0, 0.05) is 25.1 Å². The van der Waals surface area contributed by atoms with Gasteiger partial charge in [0.25, 0.3) is 0 Å². The van der Waals surface area contributed by atoms with Gasteiger partial charge >= 0.3 is 0 Å². The highest BCUT2D eigenvalue weighted by molar-refractivity contribution is 14.0. The molecular weight excluding hydrogens is 453 g/mol. The number of nitrogens with zero attached hydrogens (tertiary/aromatic N) is 1. The van der Waals surface area contributed by atoms with E-state index in [9.17, 15) is 16.8 Å². The Hall–Kier alpha value is -0.100. The van der Waals surface area contributed by atoms with Gasteiger partial charge in [-0.2, -0.15) is 0 Å². The van der Waals surface area contributed by atoms with E-state index in [4.69, 9.17) is 0 Å². The van der Waals surface area contributed by atoms with Crippen molar-refractivity contribution in [3.8, 4) is 0 Å². The molecule has 0 radical (unpaired) electrons. The topological polar surface area (TPSA) is 105 Å². The van der Waals surface area contributed by atoms with Crippen molar-refractivity contribution in [2.45, 2.75) is 44.9 Å². The highest BCUT2D eigenvalue weighted by Crippen LogP contribution is 2.15. The zero-order valence-corrected chi connectivity index (χ0v) is 18.7. The Labute approximate surface area is 158 Å². The van der Waals surface area contributed by atoms with E-state index in [0.29, 0.717) is 18.9 Å². The van der Waals surface area contributed by atoms with Gasteiger partial charge in [-0.15, -0.1) is 24.0 Å². The highest BCUT2D eigenvalue weighted by Gasteiger charge is 2.30. The largest absolute Gasteiger partial charge is 0.357 e. The summed E-state index contributed by atoms with van der Waals surface area (Å²) in [6.07, 6.45) is 2.85. The molecule has 0 heterocycles. The zero-order valence-electron chi connectivity index (χ0n) is 14.7. The summed E-state index contributed by atoms with van der Waals surface area (Å²) < 4.78 is 44.8. The summed E-state index contributed by atoms with van der Waals surface area (Å²) in [5.74, 6) is 0.579. The van der Waals surface area contributed by atoms with Crippen molar-refractivity contribution < 1.29 is 16.8 Å². The van der Waals surface area contributed by atoms with Crippen LogP contribution in [0, 0.1) is 0 Å². The number of halogens is 1. The second-order valence-corrected chi connectivity index (χ2v) is 11.1. The molecule has 0 rings (SSSR count). The summed E-state index contributed by atoms with van der Waals surface area (Å²) in [6.45, 7) is 7.77. The minimum atomic E-state index is -3.21. The lowest BCUT2D eigenvalue weighted by molar-refractivity contribution is 0.552. The number of aliphatic imine (C=N–C) groups is 1. The standard InChI is InChI=1S/C13H29N3O4S2.HI/c1-7-14-12(15-10-13(3,4)22(6,19)20)16-11(2)8-9-21(5,17)18;/h11H,7-10H2,1-6H3,(H2,14,15,16);1H. The van der Waals surface area contributed by atoms with Crippen molar-refractivity contribution in [1.82, 2.24) is 10.6 Å². The van der Waals surface area contributed by atoms with Gasteiger partial charge < -0.3 is 10.6 Å². The molecule has 0 amide bonds. The number of rotatable bonds is 8. The Morgan fingerprint density at radius 2 is 1.70 bits per heavy atom. The minimum Gasteiger partial charge on any atom is -0.357 e. The van der Waals surface area contributed by atoms with Crippen LogP contribution in [0.5, 0.6) is 0 Å². The van der Waals surface area contributed by atoms with Gasteiger partial charge in [-0.25, -0.2) is 16.8 Å². The highest BCUT2D eigenvalue weighted by atomic mass is 127. The molecule has 0 saturated heterocycles. The molecule has 0 bridgehead atoms. The molecular formula is C13H30IN3O4S2. The summed E-state index contributed by atoms with van der Waals surface area (Å²) in [5.41, 5.74) is 0. The smallest absolute Gasteiger partial charge is 0.191 e. The molecule has 0 spiro atoms. The first-order chi connectivity index (χ1) is 9.78. The Morgan fingerprint density at radius 3 is 2.09 bits per heavy atom. The molecule has 2 N–H and O–H groups in total. The van der Waals surface area contributed by atoms with Crippen LogP contribution in [0.1, 0.15) is 34.1 Å². The molecule has 1 atom stereocenters. The molecule has 0 aliphatic carbocycles. The first kappa shape index (κ1) is 25.1. The van der Waals surface area contributed by atoms with E-state index < -0.39 is 24.4 Å². The second kappa shape index (κ2) is 10.0. The van der Waals surface area contributed by atoms with E-state index in [0.717, 1.165) is 0 Å². The monoisotopic (exact) mass is 483 g/mol. The molecule has 1 unspecified atom stereocenters. The van der Waals surface area contributed by atoms with Gasteiger partial charge in [0.2, 0.25) is 0 Å². The SMILES string of the molecule is CCNC(=NCC(C)(C)S(C)(=O)=O)NC(C)CCS(C)(=O)=O.I. The summed E-state index contributed by atoms with van der Waals surface area (Å²) in [4.78, 5) is 4.30. The fourth-order valence-electron chi connectivity index (χ4n) is 1.40. The van der Waals surface area contributed by atoms with E-state index in [2.05, 4.69) is 15.6 Å². The quantitative estimate of drug-likeness (QED) is 0.301. The van der Waals surface area contributed by atoms with E-state index in [1.807, 2.05) is 13.8 Å². The van der Waals surface area contributed by atoms with Crippen LogP contribution < -0.4 is 10.6 Å². The maximum absolute atomic E-state index is 11.7. The maximum Gasteiger partial charge on any atom is 0.191 e. The molecule has 7 nitrogen and oxygen atoms in total. The van der Waals surface area contributed by atoms with Crippen LogP contribution in [0.4, 0.5) is 0 Å². The average molecular weight is 483 g/mol. The number of hydrogen-bond acceptors (Lipinski definition) is 5. The Balaban J connectivity index is 0. The van der Waals surface area contributed by atoms with E-state index in [1.54, 1.807) is 13.8 Å². The van der Waals surface area contributed by atoms with Crippen molar-refractivity contribution in [1.29, 1.82) is 0 Å². The molecule has 0 fully saturated rings. The van der Waals surface area contributed by atoms with Crippen molar-refractivity contribution in [3.05, 3.63) is 0 Å². The van der Waals surface area contributed by atoms with Crippen LogP contribution in [0.3, 0.4) is 0 Å². The number of sulfone groups is 2. The predicted octanol–water partition coefficient (Wildman–Crippen LogP) is 0.806. The number of nitrogens with one attached hydrogen (secondary N) is 2. The van der Waals surface area contributed by atoms with Crippen LogP contribution >= 0.6 is 24.0 Å². The first-order valence-corrected chi connectivity index (χ1v) is 11.2. The Morgan fingerprint density at radius 1 is 1.17 bits per heavy atom. The van der Waals surface area contributed by atoms with Crippen molar-refractivity contribution in [2.75, 3.05) is 31.4 Å². The third kappa shape index (κ3) is 11.1. The third-order valence-corrected chi connectivity index (χ3v) is 6.38. The molecule has 0 aliphatic heterocycles. The van der Waals surface area contributed by atoms with Crippen molar-refractivity contribution in [2.24, 2.45) is 4.99 Å². The summed E-state index contributed by atoms with van der Waals surface area (Å²) in [6, 6.07) is -0.0890. The van der Waals surface area contributed by atoms with Crippen LogP contribution in [0.15, 0.2) is 4.99 Å². The van der Waals surface area contributed by atoms with Crippen LogP contribution in [0.25, 0.3) is 0 Å². The van der Waals surface area contributed by atoms with Gasteiger partial charge in [0.1, 0.15) is 9.84 Å². The average Bonchev–Trinajstić information content (AvgIpc) is 2.31. The minimum absolute atomic E-state index is 0. The fourth-order valence-corrected chi connectivity index (χ4v) is 2.48. The Kier molecular flexibility index (Phi) is 11.0. The molecule has 0 saturated carbocycles. The number of guanidine groups is 1. The van der Waals surface area contributed by atoms with E-state index in [1.165, 1.54) is 12.5 Å². The van der Waals surface area contributed by atoms with Crippen molar-refractivity contribution >= 4 is 49.6 Å². The van der Waals surface area contributed by atoms with E-state index in [-0.39, 0.29) is 42.3 Å². The predicted molar refractivity (Wildman–Crippen MR) is 107 cm³/mol. The number of hydrogen-bond donors (Lipinski definition) is 2. The lowest BCUT2D eigenvalue weighted by Crippen LogP contribution is -2.44. The summed E-state index contributed by atoms with van der Waals surface area (Å²) >= 11 is 0. The zero-order chi connectivity index (χ0) is 17.6. The van der Waals surface area contributed by atoms with Gasteiger partial charge in [-0.1, -0.05) is 0 Å². The molecule has 10 heteroatoms. The van der Waals surface area contributed by atoms with Gasteiger partial charge in [0.05, 0.1) is 17.0 Å². The summed E-state index contributed by atoms with van der Waals surface area (Å²) in [7, 11) is -6.21. The van der Waals surface area contributed by atoms with Crippen molar-refractivity contribution in [3.63, 3.8) is 0 Å². The molecule has 0 aromatic carbocycles. The van der Waals surface area contributed by atoms with E-state index >= 15 is 0 Å². The fraction of sp³-hybridized carbons (Fsp3) is 0.923.